The average Bonchev–Trinajstić information content (AvgIpc) is 2.97. The van der Waals surface area contributed by atoms with E-state index < -0.39 is 47.2 Å². The Bertz CT molecular complexity index is 807. The summed E-state index contributed by atoms with van der Waals surface area (Å²) in [5.41, 5.74) is -4.09. The second kappa shape index (κ2) is 6.55. The lowest BCUT2D eigenvalue weighted by atomic mass is 9.45. The predicted molar refractivity (Wildman–Crippen MR) is 103 cm³/mol. The lowest BCUT2D eigenvalue weighted by Crippen LogP contribution is -2.68. The molecule has 6 heteroatoms. The van der Waals surface area contributed by atoms with Gasteiger partial charge >= 0.3 is 0 Å². The summed E-state index contributed by atoms with van der Waals surface area (Å²) in [6.07, 6.45) is 2.29. The fraction of sp³-hybridized carbons (Fsp3) is 0.739. The van der Waals surface area contributed by atoms with Crippen molar-refractivity contribution in [2.75, 3.05) is 6.61 Å². The molecule has 0 aromatic carbocycles. The maximum atomic E-state index is 16.9. The second-order valence-corrected chi connectivity index (χ2v) is 9.95. The smallest absolute Gasteiger partial charge is 0.178 e. The third-order valence-electron chi connectivity index (χ3n) is 8.83. The number of Topliss-reactive ketones (excluding diaryl/α,β-unsaturated/α-hetero) is 1. The molecule has 4 aliphatic rings. The molecule has 2 N–H and O–H groups in total. The van der Waals surface area contributed by atoms with Gasteiger partial charge in [-0.15, -0.1) is 0 Å². The number of hydrogen-bond donors (Lipinski definition) is 2. The molecule has 9 atom stereocenters. The van der Waals surface area contributed by atoms with Gasteiger partial charge in [0.15, 0.2) is 17.2 Å². The monoisotopic (exact) mass is 408 g/mol. The van der Waals surface area contributed by atoms with Crippen molar-refractivity contribution in [2.24, 2.45) is 34.5 Å². The molecule has 0 amide bonds. The molecular formula is C23H30F2O4. The van der Waals surface area contributed by atoms with Crippen LogP contribution in [0.15, 0.2) is 23.8 Å². The predicted octanol–water partition coefficient (Wildman–Crippen LogP) is 3.12. The number of carbonyl (C=O) groups is 2. The number of ketones is 2. The van der Waals surface area contributed by atoms with Gasteiger partial charge in [-0.1, -0.05) is 26.3 Å². The molecule has 6 unspecified atom stereocenters. The molecular weight excluding hydrogens is 378 g/mol. The Morgan fingerprint density at radius 3 is 2.59 bits per heavy atom. The highest BCUT2D eigenvalue weighted by molar-refractivity contribution is 6.01. The van der Waals surface area contributed by atoms with Crippen LogP contribution in [0.3, 0.4) is 0 Å². The number of alkyl halides is 2. The van der Waals surface area contributed by atoms with Crippen molar-refractivity contribution >= 4 is 11.6 Å². The lowest BCUT2D eigenvalue weighted by molar-refractivity contribution is -0.202. The van der Waals surface area contributed by atoms with Crippen molar-refractivity contribution in [1.82, 2.24) is 0 Å². The molecule has 0 saturated heterocycles. The molecule has 0 aromatic heterocycles. The number of aliphatic hydroxyl groups is 2. The Morgan fingerprint density at radius 2 is 1.97 bits per heavy atom. The Morgan fingerprint density at radius 1 is 1.28 bits per heavy atom. The molecule has 0 spiro atoms. The summed E-state index contributed by atoms with van der Waals surface area (Å²) >= 11 is 0. The molecule has 3 fully saturated rings. The van der Waals surface area contributed by atoms with Gasteiger partial charge in [0.05, 0.1) is 6.10 Å². The van der Waals surface area contributed by atoms with E-state index in [2.05, 4.69) is 0 Å². The Labute approximate surface area is 170 Å². The van der Waals surface area contributed by atoms with Crippen molar-refractivity contribution in [3.05, 3.63) is 23.8 Å². The van der Waals surface area contributed by atoms with E-state index in [9.17, 15) is 19.8 Å². The first-order valence-corrected chi connectivity index (χ1v) is 10.6. The Hall–Kier alpha value is -1.40. The molecule has 29 heavy (non-hydrogen) atoms. The highest BCUT2D eigenvalue weighted by Gasteiger charge is 2.73. The van der Waals surface area contributed by atoms with Crippen molar-refractivity contribution in [3.8, 4) is 0 Å². The average molecular weight is 408 g/mol. The van der Waals surface area contributed by atoms with Crippen LogP contribution in [-0.2, 0) is 9.59 Å². The van der Waals surface area contributed by atoms with Gasteiger partial charge in [-0.2, -0.15) is 0 Å². The largest absolute Gasteiger partial charge is 0.390 e. The van der Waals surface area contributed by atoms with Gasteiger partial charge < -0.3 is 10.2 Å². The molecule has 4 rings (SSSR count). The fourth-order valence-corrected chi connectivity index (χ4v) is 7.52. The summed E-state index contributed by atoms with van der Waals surface area (Å²) in [5, 5.41) is 20.7. The molecule has 4 aliphatic carbocycles. The SMILES string of the molecule is CC[C@@H]1CC2C3C[C@H](F)C4=CC(=O)C=CC4(C)[C@@]3(F)C(O)CC2(C)C1C(=O)CO. The van der Waals surface area contributed by atoms with Crippen LogP contribution in [0.25, 0.3) is 0 Å². The van der Waals surface area contributed by atoms with Crippen LogP contribution < -0.4 is 0 Å². The van der Waals surface area contributed by atoms with E-state index in [4.69, 9.17) is 0 Å². The molecule has 0 aromatic rings. The molecule has 4 nitrogen and oxygen atoms in total. The fourth-order valence-electron chi connectivity index (χ4n) is 7.52. The molecule has 0 radical (unpaired) electrons. The quantitative estimate of drug-likeness (QED) is 0.753. The summed E-state index contributed by atoms with van der Waals surface area (Å²) in [7, 11) is 0. The summed E-state index contributed by atoms with van der Waals surface area (Å²) in [6, 6.07) is 0. The first kappa shape index (κ1) is 20.9. The number of aliphatic hydroxyl groups excluding tert-OH is 2. The number of hydrogen-bond acceptors (Lipinski definition) is 4. The maximum absolute atomic E-state index is 16.9. The first-order valence-electron chi connectivity index (χ1n) is 10.6. The first-order chi connectivity index (χ1) is 13.5. The van der Waals surface area contributed by atoms with Crippen LogP contribution in [0.5, 0.6) is 0 Å². The molecule has 160 valence electrons. The summed E-state index contributed by atoms with van der Waals surface area (Å²) < 4.78 is 32.2. The molecule has 0 bridgehead atoms. The topological polar surface area (TPSA) is 74.6 Å². The number of allylic oxidation sites excluding steroid dienone is 4. The zero-order valence-electron chi connectivity index (χ0n) is 17.2. The van der Waals surface area contributed by atoms with Gasteiger partial charge in [-0.05, 0) is 61.2 Å². The zero-order chi connectivity index (χ0) is 21.4. The van der Waals surface area contributed by atoms with Crippen LogP contribution >= 0.6 is 0 Å². The second-order valence-electron chi connectivity index (χ2n) is 9.95. The summed E-state index contributed by atoms with van der Waals surface area (Å²) in [5.74, 6) is -2.17. The van der Waals surface area contributed by atoms with E-state index in [0.29, 0.717) is 12.8 Å². The minimum atomic E-state index is -2.11. The van der Waals surface area contributed by atoms with Crippen LogP contribution in [-0.4, -0.2) is 46.3 Å². The Kier molecular flexibility index (Phi) is 4.71. The lowest BCUT2D eigenvalue weighted by Gasteiger charge is -2.62. The van der Waals surface area contributed by atoms with Gasteiger partial charge in [-0.25, -0.2) is 8.78 Å². The van der Waals surface area contributed by atoms with Gasteiger partial charge in [0.25, 0.3) is 0 Å². The van der Waals surface area contributed by atoms with Crippen molar-refractivity contribution in [2.45, 2.75) is 64.4 Å². The van der Waals surface area contributed by atoms with Crippen molar-refractivity contribution in [1.29, 1.82) is 0 Å². The molecule has 0 aliphatic heterocycles. The highest BCUT2D eigenvalue weighted by atomic mass is 19.1. The van der Waals surface area contributed by atoms with Gasteiger partial charge in [-0.3, -0.25) is 9.59 Å². The summed E-state index contributed by atoms with van der Waals surface area (Å²) in [4.78, 5) is 24.5. The van der Waals surface area contributed by atoms with Crippen LogP contribution in [0.1, 0.15) is 46.5 Å². The van der Waals surface area contributed by atoms with E-state index in [1.54, 1.807) is 6.92 Å². The van der Waals surface area contributed by atoms with Gasteiger partial charge in [0.1, 0.15) is 12.8 Å². The minimum Gasteiger partial charge on any atom is -0.390 e. The van der Waals surface area contributed by atoms with Crippen LogP contribution in [0.4, 0.5) is 8.78 Å². The number of carbonyl (C=O) groups excluding carboxylic acids is 2. The standard InChI is InChI=1S/C23H30F2O4/c1-4-12-7-14-15-9-17(24)16-8-13(27)5-6-22(16,3)23(15,25)19(29)10-21(14,2)20(12)18(28)11-26/h5-6,8,12,14-15,17,19-20,26,29H,4,7,9-11H2,1-3H3/t12-,14?,15?,17+,19?,20?,21?,22?,23+/m1/s1. The van der Waals surface area contributed by atoms with E-state index in [-0.39, 0.29) is 41.8 Å². The minimum absolute atomic E-state index is 0.0227. The van der Waals surface area contributed by atoms with E-state index in [1.165, 1.54) is 18.2 Å². The van der Waals surface area contributed by atoms with Gasteiger partial charge in [0.2, 0.25) is 0 Å². The van der Waals surface area contributed by atoms with Crippen molar-refractivity contribution < 1.29 is 28.6 Å². The third-order valence-corrected chi connectivity index (χ3v) is 8.83. The van der Waals surface area contributed by atoms with E-state index in [1.807, 2.05) is 13.8 Å². The third kappa shape index (κ3) is 2.48. The highest BCUT2D eigenvalue weighted by Crippen LogP contribution is 2.70. The van der Waals surface area contributed by atoms with E-state index >= 15 is 8.78 Å². The number of halogens is 2. The van der Waals surface area contributed by atoms with Crippen LogP contribution in [0, 0.1) is 34.5 Å². The summed E-state index contributed by atoms with van der Waals surface area (Å²) in [6.45, 7) is 4.87. The molecule has 0 heterocycles. The number of fused-ring (bicyclic) bond motifs is 5. The Balaban J connectivity index is 1.84. The van der Waals surface area contributed by atoms with Crippen molar-refractivity contribution in [3.63, 3.8) is 0 Å². The van der Waals surface area contributed by atoms with Gasteiger partial charge in [0, 0.05) is 17.3 Å². The number of rotatable bonds is 3. The van der Waals surface area contributed by atoms with Crippen LogP contribution in [0.2, 0.25) is 0 Å². The zero-order valence-corrected chi connectivity index (χ0v) is 17.2. The van der Waals surface area contributed by atoms with E-state index in [0.717, 1.165) is 0 Å². The normalized spacial score (nSPS) is 51.1. The maximum Gasteiger partial charge on any atom is 0.178 e. The molecule has 3 saturated carbocycles.